The van der Waals surface area contributed by atoms with Gasteiger partial charge in [-0.15, -0.1) is 10.2 Å². The number of hydrogen-bond donors (Lipinski definition) is 0. The third-order valence-electron chi connectivity index (χ3n) is 6.24. The summed E-state index contributed by atoms with van der Waals surface area (Å²) in [7, 11) is 0. The van der Waals surface area contributed by atoms with Crippen LogP contribution in [0.5, 0.6) is 0 Å². The minimum atomic E-state index is -2.82. The summed E-state index contributed by atoms with van der Waals surface area (Å²) in [6, 6.07) is 14.6. The molecule has 0 spiro atoms. The predicted octanol–water partition coefficient (Wildman–Crippen LogP) is 4.47. The molecule has 35 heavy (non-hydrogen) atoms. The maximum Gasteiger partial charge on any atom is 0.324 e. The summed E-state index contributed by atoms with van der Waals surface area (Å²) in [4.78, 5) is 19.5. The second-order valence-corrected chi connectivity index (χ2v) is 8.94. The minimum absolute atomic E-state index is 0.0179. The number of ether oxygens (including phenoxy) is 1. The van der Waals surface area contributed by atoms with Crippen LogP contribution >= 0.6 is 11.6 Å². The fourth-order valence-electron chi connectivity index (χ4n) is 4.17. The van der Waals surface area contributed by atoms with Gasteiger partial charge in [-0.05, 0) is 35.9 Å². The molecule has 2 fully saturated rings. The van der Waals surface area contributed by atoms with Gasteiger partial charge in [-0.3, -0.25) is 9.80 Å². The normalized spacial score (nSPS) is 17.0. The fraction of sp³-hybridized carbons (Fsp3) is 0.375. The second-order valence-electron chi connectivity index (χ2n) is 8.51. The van der Waals surface area contributed by atoms with Crippen molar-refractivity contribution >= 4 is 23.3 Å². The third kappa shape index (κ3) is 5.29. The van der Waals surface area contributed by atoms with E-state index in [0.717, 1.165) is 31.9 Å². The molecule has 0 aliphatic carbocycles. The van der Waals surface area contributed by atoms with Gasteiger partial charge in [-0.25, -0.2) is 4.79 Å². The molecule has 8 nitrogen and oxygen atoms in total. The molecule has 2 amide bonds. The van der Waals surface area contributed by atoms with Crippen LogP contribution in [-0.4, -0.2) is 71.5 Å². The number of piperazine rings is 1. The van der Waals surface area contributed by atoms with Gasteiger partial charge in [0, 0.05) is 42.5 Å². The summed E-state index contributed by atoms with van der Waals surface area (Å²) in [6.07, 6.45) is -2.82. The van der Waals surface area contributed by atoms with Gasteiger partial charge < -0.3 is 14.1 Å². The molecule has 0 unspecified atom stereocenters. The third-order valence-corrected chi connectivity index (χ3v) is 6.48. The highest BCUT2D eigenvalue weighted by Gasteiger charge is 2.32. The van der Waals surface area contributed by atoms with Gasteiger partial charge in [-0.1, -0.05) is 29.8 Å². The molecule has 0 saturated carbocycles. The number of nitrogens with zero attached hydrogens (tertiary/aromatic N) is 5. The smallest absolute Gasteiger partial charge is 0.324 e. The van der Waals surface area contributed by atoms with Crippen molar-refractivity contribution in [3.8, 4) is 11.5 Å². The Hall–Kier alpha value is -3.08. The van der Waals surface area contributed by atoms with Gasteiger partial charge in [0.05, 0.1) is 25.8 Å². The standard InChI is InChI=1S/C24H24ClF2N5O3/c25-18-2-1-3-19(12-18)32(24(33)31-10-8-30(9-11-31)20-14-34-15-20)13-16-4-6-17(7-5-16)22-28-29-23(35-22)21(26)27/h1-7,12,20-21H,8-11,13-15H2. The first-order valence-electron chi connectivity index (χ1n) is 11.3. The molecule has 0 bridgehead atoms. The molecule has 11 heteroatoms. The molecular formula is C24H24ClF2N5O3. The first-order valence-corrected chi connectivity index (χ1v) is 11.7. The van der Waals surface area contributed by atoms with Crippen molar-refractivity contribution in [2.45, 2.75) is 19.0 Å². The molecule has 0 atom stereocenters. The molecule has 3 aromatic rings. The number of halogens is 3. The zero-order chi connectivity index (χ0) is 24.4. The Labute approximate surface area is 206 Å². The number of aromatic nitrogens is 2. The zero-order valence-electron chi connectivity index (χ0n) is 18.8. The Kier molecular flexibility index (Phi) is 6.94. The Balaban J connectivity index is 1.32. The van der Waals surface area contributed by atoms with Crippen molar-refractivity contribution in [1.82, 2.24) is 20.0 Å². The number of alkyl halides is 2. The topological polar surface area (TPSA) is 74.9 Å². The highest BCUT2D eigenvalue weighted by atomic mass is 35.5. The Morgan fingerprint density at radius 1 is 1.09 bits per heavy atom. The van der Waals surface area contributed by atoms with Crippen molar-refractivity contribution in [3.05, 3.63) is 65.0 Å². The van der Waals surface area contributed by atoms with E-state index in [9.17, 15) is 13.6 Å². The number of hydrogen-bond acceptors (Lipinski definition) is 6. The average molecular weight is 504 g/mol. The highest BCUT2D eigenvalue weighted by molar-refractivity contribution is 6.30. The van der Waals surface area contributed by atoms with Crippen molar-refractivity contribution in [1.29, 1.82) is 0 Å². The van der Waals surface area contributed by atoms with E-state index >= 15 is 0 Å². The summed E-state index contributed by atoms with van der Waals surface area (Å²) in [5.74, 6) is -0.698. The molecule has 3 heterocycles. The van der Waals surface area contributed by atoms with E-state index in [1.54, 1.807) is 41.3 Å². The lowest BCUT2D eigenvalue weighted by Crippen LogP contribution is -2.59. The summed E-state index contributed by atoms with van der Waals surface area (Å²) >= 11 is 6.22. The molecule has 184 valence electrons. The predicted molar refractivity (Wildman–Crippen MR) is 125 cm³/mol. The number of anilines is 1. The molecule has 2 saturated heterocycles. The summed E-state index contributed by atoms with van der Waals surface area (Å²) in [6.45, 7) is 4.70. The molecule has 2 aliphatic rings. The Morgan fingerprint density at radius 2 is 1.83 bits per heavy atom. The second kappa shape index (κ2) is 10.3. The number of amides is 2. The van der Waals surface area contributed by atoms with Crippen LogP contribution in [-0.2, 0) is 11.3 Å². The van der Waals surface area contributed by atoms with Gasteiger partial charge in [0.25, 0.3) is 5.89 Å². The minimum Gasteiger partial charge on any atom is -0.415 e. The lowest BCUT2D eigenvalue weighted by molar-refractivity contribution is -0.0738. The van der Waals surface area contributed by atoms with E-state index in [1.165, 1.54) is 0 Å². The van der Waals surface area contributed by atoms with Gasteiger partial charge in [0.15, 0.2) is 0 Å². The summed E-state index contributed by atoms with van der Waals surface area (Å²) < 4.78 is 35.8. The van der Waals surface area contributed by atoms with Crippen molar-refractivity contribution in [2.24, 2.45) is 0 Å². The van der Waals surface area contributed by atoms with Crippen LogP contribution in [0.2, 0.25) is 5.02 Å². The van der Waals surface area contributed by atoms with Gasteiger partial charge >= 0.3 is 12.5 Å². The molecular weight excluding hydrogens is 480 g/mol. The van der Waals surface area contributed by atoms with Crippen LogP contribution in [0, 0.1) is 0 Å². The van der Waals surface area contributed by atoms with Crippen LogP contribution in [0.3, 0.4) is 0 Å². The number of carbonyl (C=O) groups excluding carboxylic acids is 1. The lowest BCUT2D eigenvalue weighted by atomic mass is 10.1. The van der Waals surface area contributed by atoms with Crippen molar-refractivity contribution in [2.75, 3.05) is 44.3 Å². The van der Waals surface area contributed by atoms with Gasteiger partial charge in [0.1, 0.15) is 0 Å². The van der Waals surface area contributed by atoms with Crippen LogP contribution in [0.1, 0.15) is 17.9 Å². The first-order chi connectivity index (χ1) is 17.0. The summed E-state index contributed by atoms with van der Waals surface area (Å²) in [5, 5.41) is 7.58. The molecule has 1 aromatic heterocycles. The van der Waals surface area contributed by atoms with Crippen molar-refractivity contribution in [3.63, 3.8) is 0 Å². The first kappa shape index (κ1) is 23.7. The van der Waals surface area contributed by atoms with Gasteiger partial charge in [-0.2, -0.15) is 8.78 Å². The Bertz CT molecular complexity index is 1160. The van der Waals surface area contributed by atoms with Crippen LogP contribution in [0.4, 0.5) is 19.3 Å². The number of carbonyl (C=O) groups is 1. The zero-order valence-corrected chi connectivity index (χ0v) is 19.6. The largest absolute Gasteiger partial charge is 0.415 e. The molecule has 2 aliphatic heterocycles. The Morgan fingerprint density at radius 3 is 2.43 bits per heavy atom. The fourth-order valence-corrected chi connectivity index (χ4v) is 4.36. The van der Waals surface area contributed by atoms with E-state index in [1.807, 2.05) is 17.0 Å². The van der Waals surface area contributed by atoms with E-state index in [2.05, 4.69) is 15.1 Å². The quantitative estimate of drug-likeness (QED) is 0.494. The summed E-state index contributed by atoms with van der Waals surface area (Å²) in [5.41, 5.74) is 2.06. The lowest BCUT2D eigenvalue weighted by Gasteiger charge is -2.43. The monoisotopic (exact) mass is 503 g/mol. The number of urea groups is 1. The van der Waals surface area contributed by atoms with Crippen molar-refractivity contribution < 1.29 is 22.7 Å². The van der Waals surface area contributed by atoms with E-state index in [4.69, 9.17) is 20.8 Å². The maximum atomic E-state index is 13.6. The molecule has 0 radical (unpaired) electrons. The number of benzene rings is 2. The average Bonchev–Trinajstić information content (AvgIpc) is 3.33. The van der Waals surface area contributed by atoms with Gasteiger partial charge in [0.2, 0.25) is 5.89 Å². The van der Waals surface area contributed by atoms with E-state index < -0.39 is 12.3 Å². The highest BCUT2D eigenvalue weighted by Crippen LogP contribution is 2.26. The molecule has 0 N–H and O–H groups in total. The molecule has 5 rings (SSSR count). The van der Waals surface area contributed by atoms with E-state index in [0.29, 0.717) is 41.9 Å². The van der Waals surface area contributed by atoms with Crippen LogP contribution in [0.15, 0.2) is 52.9 Å². The maximum absolute atomic E-state index is 13.6. The van der Waals surface area contributed by atoms with Crippen LogP contribution < -0.4 is 4.90 Å². The number of rotatable bonds is 6. The van der Waals surface area contributed by atoms with E-state index in [-0.39, 0.29) is 11.9 Å². The molecule has 2 aromatic carbocycles. The SMILES string of the molecule is O=C(N1CCN(C2COC2)CC1)N(Cc1ccc(-c2nnc(C(F)F)o2)cc1)c1cccc(Cl)c1. The van der Waals surface area contributed by atoms with Crippen LogP contribution in [0.25, 0.3) is 11.5 Å².